The molecule has 1 atom stereocenters. The minimum Gasteiger partial charge on any atom is -0.378 e. The Hall–Kier alpha value is -2.08. The molecule has 130 valence electrons. The molecule has 0 saturated carbocycles. The summed E-state index contributed by atoms with van der Waals surface area (Å²) in [7, 11) is 0. The highest BCUT2D eigenvalue weighted by molar-refractivity contribution is 6.35. The Morgan fingerprint density at radius 1 is 1.21 bits per heavy atom. The first-order valence-corrected chi connectivity index (χ1v) is 8.63. The predicted molar refractivity (Wildman–Crippen MR) is 91.7 cm³/mol. The third-order valence-electron chi connectivity index (χ3n) is 4.69. The summed E-state index contributed by atoms with van der Waals surface area (Å²) < 4.78 is 5.39. The van der Waals surface area contributed by atoms with E-state index >= 15 is 0 Å². The van der Waals surface area contributed by atoms with Crippen molar-refractivity contribution in [3.05, 3.63) is 29.8 Å². The fourth-order valence-electron chi connectivity index (χ4n) is 3.29. The summed E-state index contributed by atoms with van der Waals surface area (Å²) in [5.74, 6) is -0.451. The first-order chi connectivity index (χ1) is 11.6. The fraction of sp³-hybridized carbons (Fsp3) is 0.556. The van der Waals surface area contributed by atoms with E-state index in [9.17, 15) is 9.59 Å². The highest BCUT2D eigenvalue weighted by atomic mass is 16.5. The molecule has 0 radical (unpaired) electrons. The minimum atomic E-state index is -0.513. The molecular formula is C18H25N3O3. The molecule has 2 amide bonds. The number of para-hydroxylation sites is 1. The predicted octanol–water partition coefficient (Wildman–Crippen LogP) is 1.01. The lowest BCUT2D eigenvalue weighted by Gasteiger charge is -2.30. The number of rotatable bonds is 3. The van der Waals surface area contributed by atoms with Gasteiger partial charge in [-0.3, -0.25) is 9.59 Å². The van der Waals surface area contributed by atoms with E-state index in [4.69, 9.17) is 4.74 Å². The zero-order chi connectivity index (χ0) is 16.9. The van der Waals surface area contributed by atoms with Crippen molar-refractivity contribution in [1.29, 1.82) is 0 Å². The first kappa shape index (κ1) is 16.8. The van der Waals surface area contributed by atoms with Crippen molar-refractivity contribution in [1.82, 2.24) is 10.2 Å². The van der Waals surface area contributed by atoms with Gasteiger partial charge < -0.3 is 19.9 Å². The number of carbonyl (C=O) groups is 2. The summed E-state index contributed by atoms with van der Waals surface area (Å²) in [6, 6.07) is 7.99. The average Bonchev–Trinajstić information content (AvgIpc) is 3.06. The smallest absolute Gasteiger partial charge is 0.311 e. The molecule has 1 aromatic rings. The van der Waals surface area contributed by atoms with Crippen LogP contribution in [-0.2, 0) is 20.9 Å². The molecule has 2 saturated heterocycles. The van der Waals surface area contributed by atoms with Crippen LogP contribution in [0.5, 0.6) is 0 Å². The van der Waals surface area contributed by atoms with Crippen molar-refractivity contribution < 1.29 is 14.3 Å². The molecule has 3 rings (SSSR count). The van der Waals surface area contributed by atoms with Crippen LogP contribution in [0.3, 0.4) is 0 Å². The molecule has 6 nitrogen and oxygen atoms in total. The van der Waals surface area contributed by atoms with Crippen molar-refractivity contribution >= 4 is 17.5 Å². The summed E-state index contributed by atoms with van der Waals surface area (Å²) in [6.45, 7) is 6.93. The molecule has 2 heterocycles. The third-order valence-corrected chi connectivity index (χ3v) is 4.69. The average molecular weight is 331 g/mol. The van der Waals surface area contributed by atoms with E-state index in [0.29, 0.717) is 38.8 Å². The molecule has 0 spiro atoms. The van der Waals surface area contributed by atoms with Crippen molar-refractivity contribution in [2.45, 2.75) is 19.9 Å². The van der Waals surface area contributed by atoms with Crippen molar-refractivity contribution in [2.75, 3.05) is 44.3 Å². The van der Waals surface area contributed by atoms with Crippen LogP contribution in [0, 0.1) is 5.92 Å². The summed E-state index contributed by atoms with van der Waals surface area (Å²) in [4.78, 5) is 28.3. The third kappa shape index (κ3) is 3.87. The molecule has 2 aliphatic rings. The summed E-state index contributed by atoms with van der Waals surface area (Å²) in [6.07, 6.45) is 0.971. The molecule has 1 aromatic carbocycles. The van der Waals surface area contributed by atoms with E-state index in [1.807, 2.05) is 18.2 Å². The fourth-order valence-corrected chi connectivity index (χ4v) is 3.29. The van der Waals surface area contributed by atoms with Crippen LogP contribution in [0.15, 0.2) is 24.3 Å². The Morgan fingerprint density at radius 3 is 2.67 bits per heavy atom. The van der Waals surface area contributed by atoms with E-state index < -0.39 is 11.8 Å². The van der Waals surface area contributed by atoms with E-state index in [1.54, 1.807) is 4.90 Å². The van der Waals surface area contributed by atoms with E-state index in [-0.39, 0.29) is 0 Å². The second kappa shape index (κ2) is 7.66. The molecule has 0 aromatic heterocycles. The number of amides is 2. The molecule has 0 aliphatic carbocycles. The van der Waals surface area contributed by atoms with Crippen LogP contribution >= 0.6 is 0 Å². The van der Waals surface area contributed by atoms with Gasteiger partial charge >= 0.3 is 11.8 Å². The van der Waals surface area contributed by atoms with E-state index in [1.165, 1.54) is 0 Å². The molecule has 6 heteroatoms. The lowest BCUT2D eigenvalue weighted by molar-refractivity contribution is -0.145. The van der Waals surface area contributed by atoms with Crippen molar-refractivity contribution in [3.63, 3.8) is 0 Å². The van der Waals surface area contributed by atoms with Gasteiger partial charge in [0, 0.05) is 38.4 Å². The van der Waals surface area contributed by atoms with Gasteiger partial charge in [0.15, 0.2) is 0 Å². The maximum absolute atomic E-state index is 12.2. The van der Waals surface area contributed by atoms with Gasteiger partial charge in [-0.15, -0.1) is 0 Å². The van der Waals surface area contributed by atoms with Crippen LogP contribution in [0.2, 0.25) is 0 Å². The molecular weight excluding hydrogens is 306 g/mol. The van der Waals surface area contributed by atoms with Gasteiger partial charge in [0.2, 0.25) is 0 Å². The number of hydrogen-bond acceptors (Lipinski definition) is 4. The molecule has 0 unspecified atom stereocenters. The maximum Gasteiger partial charge on any atom is 0.311 e. The van der Waals surface area contributed by atoms with Crippen molar-refractivity contribution in [2.24, 2.45) is 5.92 Å². The summed E-state index contributed by atoms with van der Waals surface area (Å²) in [5.41, 5.74) is 2.12. The Bertz CT molecular complexity index is 599. The number of nitrogens with zero attached hydrogens (tertiary/aromatic N) is 2. The van der Waals surface area contributed by atoms with Gasteiger partial charge in [-0.05, 0) is 24.0 Å². The highest BCUT2D eigenvalue weighted by Gasteiger charge is 2.27. The summed E-state index contributed by atoms with van der Waals surface area (Å²) in [5, 5.41) is 2.78. The number of benzene rings is 1. The largest absolute Gasteiger partial charge is 0.378 e. The number of ether oxygens (including phenoxy) is 1. The van der Waals surface area contributed by atoms with Gasteiger partial charge in [0.05, 0.1) is 13.2 Å². The zero-order valence-electron chi connectivity index (χ0n) is 14.2. The van der Waals surface area contributed by atoms with Crippen molar-refractivity contribution in [3.8, 4) is 0 Å². The standard InChI is InChI=1S/C18H25N3O3/c1-14-6-7-21(13-14)18(23)17(22)19-12-15-4-2-3-5-16(15)20-8-10-24-11-9-20/h2-5,14H,6-13H2,1H3,(H,19,22)/t14-/m1/s1. The second-order valence-electron chi connectivity index (χ2n) is 6.56. The second-order valence-corrected chi connectivity index (χ2v) is 6.56. The van der Waals surface area contributed by atoms with Crippen LogP contribution < -0.4 is 10.2 Å². The van der Waals surface area contributed by atoms with Gasteiger partial charge in [0.1, 0.15) is 0 Å². The number of hydrogen-bond donors (Lipinski definition) is 1. The van der Waals surface area contributed by atoms with E-state index in [0.717, 1.165) is 30.8 Å². The number of morpholine rings is 1. The lowest BCUT2D eigenvalue weighted by atomic mass is 10.1. The van der Waals surface area contributed by atoms with Crippen LogP contribution in [0.1, 0.15) is 18.9 Å². The van der Waals surface area contributed by atoms with Crippen LogP contribution in [0.4, 0.5) is 5.69 Å². The van der Waals surface area contributed by atoms with Gasteiger partial charge in [-0.1, -0.05) is 25.1 Å². The molecule has 2 aliphatic heterocycles. The zero-order valence-corrected chi connectivity index (χ0v) is 14.2. The molecule has 24 heavy (non-hydrogen) atoms. The highest BCUT2D eigenvalue weighted by Crippen LogP contribution is 2.21. The first-order valence-electron chi connectivity index (χ1n) is 8.63. The molecule has 2 fully saturated rings. The number of anilines is 1. The maximum atomic E-state index is 12.2. The topological polar surface area (TPSA) is 61.9 Å². The quantitative estimate of drug-likeness (QED) is 0.840. The Kier molecular flexibility index (Phi) is 5.35. The molecule has 1 N–H and O–H groups in total. The SMILES string of the molecule is C[C@@H]1CCN(C(=O)C(=O)NCc2ccccc2N2CCOCC2)C1. The Balaban J connectivity index is 1.60. The van der Waals surface area contributed by atoms with Gasteiger partial charge in [0.25, 0.3) is 0 Å². The van der Waals surface area contributed by atoms with E-state index in [2.05, 4.69) is 23.2 Å². The minimum absolute atomic E-state index is 0.363. The number of carbonyl (C=O) groups excluding carboxylic acids is 2. The Labute approximate surface area is 142 Å². The summed E-state index contributed by atoms with van der Waals surface area (Å²) >= 11 is 0. The number of likely N-dealkylation sites (tertiary alicyclic amines) is 1. The monoisotopic (exact) mass is 331 g/mol. The number of nitrogens with one attached hydrogen (secondary N) is 1. The Morgan fingerprint density at radius 2 is 1.96 bits per heavy atom. The normalized spacial score (nSPS) is 21.0. The van der Waals surface area contributed by atoms with Crippen LogP contribution in [0.25, 0.3) is 0 Å². The van der Waals surface area contributed by atoms with Gasteiger partial charge in [-0.2, -0.15) is 0 Å². The molecule has 0 bridgehead atoms. The lowest BCUT2D eigenvalue weighted by Crippen LogP contribution is -2.42. The van der Waals surface area contributed by atoms with Crippen LogP contribution in [-0.4, -0.2) is 56.1 Å². The van der Waals surface area contributed by atoms with Gasteiger partial charge in [-0.25, -0.2) is 0 Å².